The zero-order valence-corrected chi connectivity index (χ0v) is 7.40. The fraction of sp³-hybridized carbons (Fsp3) is 0.625. The first-order valence-electron chi connectivity index (χ1n) is 4.24. The van der Waals surface area contributed by atoms with Crippen molar-refractivity contribution in [2.24, 2.45) is 7.05 Å². The molecule has 0 spiro atoms. The van der Waals surface area contributed by atoms with E-state index in [-0.39, 0.29) is 6.10 Å². The van der Waals surface area contributed by atoms with Gasteiger partial charge in [-0.05, 0) is 12.8 Å². The van der Waals surface area contributed by atoms with Gasteiger partial charge in [0.15, 0.2) is 5.69 Å². The fourth-order valence-electron chi connectivity index (χ4n) is 1.60. The summed E-state index contributed by atoms with van der Waals surface area (Å²) in [6.07, 6.45) is 2.01. The first-order valence-corrected chi connectivity index (χ1v) is 4.24. The van der Waals surface area contributed by atoms with Crippen LogP contribution in [0, 0.1) is 11.3 Å². The summed E-state index contributed by atoms with van der Waals surface area (Å²) in [7, 11) is 1.78. The van der Waals surface area contributed by atoms with Crippen molar-refractivity contribution in [2.75, 3.05) is 6.61 Å². The van der Waals surface area contributed by atoms with Crippen molar-refractivity contribution in [1.29, 1.82) is 5.26 Å². The quantitative estimate of drug-likeness (QED) is 0.629. The van der Waals surface area contributed by atoms with Crippen LogP contribution < -0.4 is 0 Å². The molecule has 0 aliphatic carbocycles. The Morgan fingerprint density at radius 2 is 2.54 bits per heavy atom. The molecule has 1 fully saturated rings. The van der Waals surface area contributed by atoms with E-state index in [2.05, 4.69) is 10.3 Å². The van der Waals surface area contributed by atoms with Crippen LogP contribution in [-0.2, 0) is 11.8 Å². The number of hydrogen-bond donors (Lipinski definition) is 0. The summed E-state index contributed by atoms with van der Waals surface area (Å²) < 4.78 is 7.09. The zero-order valence-electron chi connectivity index (χ0n) is 7.40. The monoisotopic (exact) mass is 178 g/mol. The molecule has 0 radical (unpaired) electrons. The molecule has 0 N–H and O–H groups in total. The molecular weight excluding hydrogens is 168 g/mol. The lowest BCUT2D eigenvalue weighted by Crippen LogP contribution is -2.05. The van der Waals surface area contributed by atoms with E-state index >= 15 is 0 Å². The molecule has 2 rings (SSSR count). The first-order chi connectivity index (χ1) is 6.33. The highest BCUT2D eigenvalue weighted by molar-refractivity contribution is 5.26. The molecule has 1 saturated heterocycles. The van der Waals surface area contributed by atoms with Crippen LogP contribution in [-0.4, -0.2) is 21.6 Å². The third-order valence-corrected chi connectivity index (χ3v) is 2.21. The Bertz CT molecular complexity index is 346. The number of hydrogen-bond acceptors (Lipinski definition) is 4. The molecule has 1 unspecified atom stereocenters. The van der Waals surface area contributed by atoms with E-state index in [1.54, 1.807) is 11.7 Å². The minimum Gasteiger partial charge on any atom is -0.372 e. The van der Waals surface area contributed by atoms with Gasteiger partial charge in [0.2, 0.25) is 0 Å². The number of nitriles is 1. The molecule has 5 nitrogen and oxygen atoms in total. The van der Waals surface area contributed by atoms with Crippen LogP contribution in [0.5, 0.6) is 0 Å². The molecule has 13 heavy (non-hydrogen) atoms. The van der Waals surface area contributed by atoms with Crippen molar-refractivity contribution in [3.05, 3.63) is 11.4 Å². The molecule has 1 aromatic heterocycles. The molecule has 5 heteroatoms. The van der Waals surface area contributed by atoms with Crippen LogP contribution in [0.1, 0.15) is 30.3 Å². The minimum absolute atomic E-state index is 0.00894. The van der Waals surface area contributed by atoms with Crippen LogP contribution in [0.3, 0.4) is 0 Å². The standard InChI is InChI=1S/C8H10N4O/c1-12-8(6(5-9)10-11-12)7-3-2-4-13-7/h7H,2-4H2,1H3. The molecule has 0 saturated carbocycles. The highest BCUT2D eigenvalue weighted by atomic mass is 16.5. The van der Waals surface area contributed by atoms with E-state index in [9.17, 15) is 0 Å². The summed E-state index contributed by atoms with van der Waals surface area (Å²) in [5.74, 6) is 0. The van der Waals surface area contributed by atoms with Gasteiger partial charge in [-0.25, -0.2) is 4.68 Å². The third-order valence-electron chi connectivity index (χ3n) is 2.21. The van der Waals surface area contributed by atoms with Gasteiger partial charge in [-0.3, -0.25) is 0 Å². The first kappa shape index (κ1) is 8.20. The van der Waals surface area contributed by atoms with Crippen molar-refractivity contribution >= 4 is 0 Å². The van der Waals surface area contributed by atoms with Crippen molar-refractivity contribution < 1.29 is 4.74 Å². The van der Waals surface area contributed by atoms with E-state index in [1.165, 1.54) is 0 Å². The second-order valence-electron chi connectivity index (χ2n) is 3.06. The van der Waals surface area contributed by atoms with E-state index in [4.69, 9.17) is 10.00 Å². The summed E-state index contributed by atoms with van der Waals surface area (Å²) in [4.78, 5) is 0. The van der Waals surface area contributed by atoms with Crippen LogP contribution in [0.25, 0.3) is 0 Å². The highest BCUT2D eigenvalue weighted by Crippen LogP contribution is 2.29. The van der Waals surface area contributed by atoms with Crippen molar-refractivity contribution in [3.8, 4) is 6.07 Å². The lowest BCUT2D eigenvalue weighted by atomic mass is 10.1. The minimum atomic E-state index is 0.00894. The lowest BCUT2D eigenvalue weighted by molar-refractivity contribution is 0.105. The van der Waals surface area contributed by atoms with E-state index in [1.807, 2.05) is 6.07 Å². The Morgan fingerprint density at radius 1 is 1.69 bits per heavy atom. The van der Waals surface area contributed by atoms with Crippen molar-refractivity contribution in [1.82, 2.24) is 15.0 Å². The molecule has 1 atom stereocenters. The average molecular weight is 178 g/mol. The summed E-state index contributed by atoms with van der Waals surface area (Å²) >= 11 is 0. The van der Waals surface area contributed by atoms with Crippen molar-refractivity contribution in [3.63, 3.8) is 0 Å². The molecule has 2 heterocycles. The van der Waals surface area contributed by atoms with E-state index < -0.39 is 0 Å². The summed E-state index contributed by atoms with van der Waals surface area (Å²) in [6, 6.07) is 2.02. The van der Waals surface area contributed by atoms with Gasteiger partial charge in [-0.2, -0.15) is 5.26 Å². The van der Waals surface area contributed by atoms with Gasteiger partial charge in [0.25, 0.3) is 0 Å². The molecule has 0 amide bonds. The summed E-state index contributed by atoms with van der Waals surface area (Å²) in [6.45, 7) is 0.765. The Balaban J connectivity index is 2.37. The smallest absolute Gasteiger partial charge is 0.188 e. The maximum atomic E-state index is 8.77. The maximum Gasteiger partial charge on any atom is 0.188 e. The third kappa shape index (κ3) is 1.29. The number of rotatable bonds is 1. The van der Waals surface area contributed by atoms with Gasteiger partial charge >= 0.3 is 0 Å². The lowest BCUT2D eigenvalue weighted by Gasteiger charge is -2.08. The molecule has 1 aromatic rings. The van der Waals surface area contributed by atoms with Crippen LogP contribution in [0.15, 0.2) is 0 Å². The summed E-state index contributed by atoms with van der Waals surface area (Å²) in [5.41, 5.74) is 1.19. The molecular formula is C8H10N4O. The van der Waals surface area contributed by atoms with E-state index in [0.29, 0.717) is 5.69 Å². The summed E-state index contributed by atoms with van der Waals surface area (Å²) in [5, 5.41) is 16.3. The fourth-order valence-corrected chi connectivity index (χ4v) is 1.60. The van der Waals surface area contributed by atoms with Gasteiger partial charge in [0, 0.05) is 13.7 Å². The van der Waals surface area contributed by atoms with Gasteiger partial charge in [0.05, 0.1) is 0 Å². The van der Waals surface area contributed by atoms with Gasteiger partial charge in [0.1, 0.15) is 17.9 Å². The van der Waals surface area contributed by atoms with Crippen molar-refractivity contribution in [2.45, 2.75) is 18.9 Å². The number of nitrogens with zero attached hydrogens (tertiary/aromatic N) is 4. The van der Waals surface area contributed by atoms with Gasteiger partial charge in [-0.15, -0.1) is 5.10 Å². The van der Waals surface area contributed by atoms with Crippen LogP contribution in [0.4, 0.5) is 0 Å². The Hall–Kier alpha value is -1.41. The molecule has 1 aliphatic rings. The van der Waals surface area contributed by atoms with Crippen LogP contribution in [0.2, 0.25) is 0 Å². The maximum absolute atomic E-state index is 8.77. The Labute approximate surface area is 75.9 Å². The molecule has 0 bridgehead atoms. The number of aromatic nitrogens is 3. The Kier molecular flexibility index (Phi) is 1.99. The predicted octanol–water partition coefficient (Wildman–Crippen LogP) is 0.538. The number of ether oxygens (including phenoxy) is 1. The normalized spacial score (nSPS) is 21.7. The number of aryl methyl sites for hydroxylation is 1. The Morgan fingerprint density at radius 3 is 3.15 bits per heavy atom. The molecule has 1 aliphatic heterocycles. The predicted molar refractivity (Wildman–Crippen MR) is 43.6 cm³/mol. The average Bonchev–Trinajstić information content (AvgIpc) is 2.72. The van der Waals surface area contributed by atoms with Crippen LogP contribution >= 0.6 is 0 Å². The van der Waals surface area contributed by atoms with E-state index in [0.717, 1.165) is 25.1 Å². The topological polar surface area (TPSA) is 63.7 Å². The highest BCUT2D eigenvalue weighted by Gasteiger charge is 2.25. The SMILES string of the molecule is Cn1nnc(C#N)c1C1CCCO1. The molecule has 0 aromatic carbocycles. The molecule has 68 valence electrons. The largest absolute Gasteiger partial charge is 0.372 e. The van der Waals surface area contributed by atoms with Gasteiger partial charge < -0.3 is 4.74 Å². The second kappa shape index (κ2) is 3.15. The van der Waals surface area contributed by atoms with Gasteiger partial charge in [-0.1, -0.05) is 5.21 Å². The zero-order chi connectivity index (χ0) is 9.26. The second-order valence-corrected chi connectivity index (χ2v) is 3.06.